The van der Waals surface area contributed by atoms with Crippen LogP contribution in [0.15, 0.2) is 55.1 Å². The number of aliphatic carboxylic acids is 1. The highest BCUT2D eigenvalue weighted by Crippen LogP contribution is 2.22. The second-order valence-corrected chi connectivity index (χ2v) is 4.00. The van der Waals surface area contributed by atoms with Gasteiger partial charge in [-0.2, -0.15) is 0 Å². The highest BCUT2D eigenvalue weighted by Gasteiger charge is 2.18. The van der Waals surface area contributed by atoms with Gasteiger partial charge in [0, 0.05) is 12.0 Å². The number of ether oxygens (including phenoxy) is 1. The summed E-state index contributed by atoms with van der Waals surface area (Å²) in [4.78, 5) is 22.2. The minimum Gasteiger partial charge on any atom is -0.481 e. The molecule has 0 amide bonds. The van der Waals surface area contributed by atoms with Crippen LogP contribution in [0.5, 0.6) is 0 Å². The molecule has 0 radical (unpaired) electrons. The number of esters is 1. The molecule has 1 aromatic carbocycles. The molecule has 1 atom stereocenters. The van der Waals surface area contributed by atoms with Gasteiger partial charge in [0.1, 0.15) is 6.10 Å². The number of carboxylic acids is 1. The van der Waals surface area contributed by atoms with Crippen molar-refractivity contribution in [1.82, 2.24) is 0 Å². The minimum atomic E-state index is -1.11. The Kier molecular flexibility index (Phi) is 5.54. The van der Waals surface area contributed by atoms with E-state index in [1.807, 2.05) is 30.3 Å². The normalized spacial score (nSPS) is 11.4. The molecule has 1 aromatic rings. The highest BCUT2D eigenvalue weighted by molar-refractivity contribution is 5.92. The van der Waals surface area contributed by atoms with Gasteiger partial charge in [0.25, 0.3) is 0 Å². The minimum absolute atomic E-state index is 0.0718. The molecule has 0 saturated heterocycles. The highest BCUT2D eigenvalue weighted by atomic mass is 16.5. The molecule has 0 fully saturated rings. The maximum absolute atomic E-state index is 11.7. The topological polar surface area (TPSA) is 63.6 Å². The van der Waals surface area contributed by atoms with Crippen LogP contribution < -0.4 is 0 Å². The van der Waals surface area contributed by atoms with E-state index in [-0.39, 0.29) is 5.57 Å². The van der Waals surface area contributed by atoms with Gasteiger partial charge in [-0.15, -0.1) is 6.58 Å². The largest absolute Gasteiger partial charge is 0.481 e. The first kappa shape index (κ1) is 14.7. The van der Waals surface area contributed by atoms with Gasteiger partial charge < -0.3 is 9.84 Å². The number of benzene rings is 1. The molecular formula is C15H16O4. The molecule has 100 valence electrons. The Labute approximate surface area is 112 Å². The van der Waals surface area contributed by atoms with Crippen molar-refractivity contribution in [3.8, 4) is 0 Å². The zero-order valence-electron chi connectivity index (χ0n) is 10.5. The van der Waals surface area contributed by atoms with Crippen LogP contribution in [0.3, 0.4) is 0 Å². The molecule has 0 saturated carbocycles. The van der Waals surface area contributed by atoms with Crippen molar-refractivity contribution in [3.05, 3.63) is 60.7 Å². The van der Waals surface area contributed by atoms with Gasteiger partial charge in [-0.3, -0.25) is 4.79 Å². The molecule has 19 heavy (non-hydrogen) atoms. The Morgan fingerprint density at radius 2 is 1.95 bits per heavy atom. The standard InChI is InChI=1S/C15H16O4/c1-3-7-13(12-8-5-4-6-9-12)19-15(18)11(2)10-14(16)17/h3-6,8-9,13H,1-2,7,10H2,(H,16,17). The predicted molar refractivity (Wildman–Crippen MR) is 71.5 cm³/mol. The van der Waals surface area contributed by atoms with Crippen LogP contribution in [0.1, 0.15) is 24.5 Å². The Hall–Kier alpha value is -2.36. The average molecular weight is 260 g/mol. The summed E-state index contributed by atoms with van der Waals surface area (Å²) in [5.74, 6) is -1.81. The molecule has 0 bridgehead atoms. The fourth-order valence-corrected chi connectivity index (χ4v) is 1.54. The number of hydrogen-bond acceptors (Lipinski definition) is 3. The van der Waals surface area contributed by atoms with E-state index in [9.17, 15) is 9.59 Å². The van der Waals surface area contributed by atoms with Crippen LogP contribution in [0.25, 0.3) is 0 Å². The zero-order valence-corrected chi connectivity index (χ0v) is 10.5. The van der Waals surface area contributed by atoms with Crippen molar-refractivity contribution in [2.24, 2.45) is 0 Å². The van der Waals surface area contributed by atoms with Gasteiger partial charge in [0.2, 0.25) is 0 Å². The number of carbonyl (C=O) groups excluding carboxylic acids is 1. The average Bonchev–Trinajstić information content (AvgIpc) is 2.38. The Balaban J connectivity index is 2.74. The maximum Gasteiger partial charge on any atom is 0.334 e. The summed E-state index contributed by atoms with van der Waals surface area (Å²) in [5, 5.41) is 8.60. The molecule has 1 rings (SSSR count). The smallest absolute Gasteiger partial charge is 0.334 e. The summed E-state index contributed by atoms with van der Waals surface area (Å²) in [6.07, 6.45) is 1.20. The molecule has 0 aliphatic carbocycles. The van der Waals surface area contributed by atoms with E-state index >= 15 is 0 Å². The fraction of sp³-hybridized carbons (Fsp3) is 0.200. The first-order valence-electron chi connectivity index (χ1n) is 5.81. The van der Waals surface area contributed by atoms with Crippen molar-refractivity contribution >= 4 is 11.9 Å². The van der Waals surface area contributed by atoms with Crippen molar-refractivity contribution in [1.29, 1.82) is 0 Å². The summed E-state index contributed by atoms with van der Waals surface area (Å²) < 4.78 is 5.27. The van der Waals surface area contributed by atoms with Gasteiger partial charge in [0.15, 0.2) is 0 Å². The second-order valence-electron chi connectivity index (χ2n) is 4.00. The Morgan fingerprint density at radius 1 is 1.32 bits per heavy atom. The van der Waals surface area contributed by atoms with Crippen LogP contribution in [-0.2, 0) is 14.3 Å². The summed E-state index contributed by atoms with van der Waals surface area (Å²) in [5.41, 5.74) is 0.761. The van der Waals surface area contributed by atoms with E-state index in [0.29, 0.717) is 6.42 Å². The molecule has 4 nitrogen and oxygen atoms in total. The fourth-order valence-electron chi connectivity index (χ4n) is 1.54. The lowest BCUT2D eigenvalue weighted by molar-refractivity contribution is -0.147. The summed E-state index contributed by atoms with van der Waals surface area (Å²) >= 11 is 0. The molecule has 0 aromatic heterocycles. The van der Waals surface area contributed by atoms with E-state index in [4.69, 9.17) is 9.84 Å². The molecule has 1 N–H and O–H groups in total. The number of hydrogen-bond donors (Lipinski definition) is 1. The van der Waals surface area contributed by atoms with E-state index < -0.39 is 24.5 Å². The van der Waals surface area contributed by atoms with Gasteiger partial charge in [-0.1, -0.05) is 43.0 Å². The third-order valence-electron chi connectivity index (χ3n) is 2.45. The van der Waals surface area contributed by atoms with Crippen LogP contribution in [0.2, 0.25) is 0 Å². The maximum atomic E-state index is 11.7. The van der Waals surface area contributed by atoms with Gasteiger partial charge in [0.05, 0.1) is 6.42 Å². The third-order valence-corrected chi connectivity index (χ3v) is 2.45. The van der Waals surface area contributed by atoms with Crippen LogP contribution in [0.4, 0.5) is 0 Å². The van der Waals surface area contributed by atoms with Crippen LogP contribution in [0, 0.1) is 0 Å². The van der Waals surface area contributed by atoms with E-state index in [2.05, 4.69) is 13.2 Å². The van der Waals surface area contributed by atoms with E-state index in [1.165, 1.54) is 0 Å². The van der Waals surface area contributed by atoms with Gasteiger partial charge >= 0.3 is 11.9 Å². The SMILES string of the molecule is C=CCC(OC(=O)C(=C)CC(=O)O)c1ccccc1. The summed E-state index contributed by atoms with van der Waals surface area (Å²) in [6, 6.07) is 9.21. The quantitative estimate of drug-likeness (QED) is 0.465. The lowest BCUT2D eigenvalue weighted by Crippen LogP contribution is -2.14. The third kappa shape index (κ3) is 4.79. The molecule has 0 spiro atoms. The van der Waals surface area contributed by atoms with Gasteiger partial charge in [-0.05, 0) is 5.56 Å². The molecule has 4 heteroatoms. The molecule has 0 aliphatic heterocycles. The predicted octanol–water partition coefficient (Wildman–Crippen LogP) is 2.88. The Morgan fingerprint density at radius 3 is 2.47 bits per heavy atom. The van der Waals surface area contributed by atoms with Crippen LogP contribution >= 0.6 is 0 Å². The molecular weight excluding hydrogens is 244 g/mol. The number of rotatable bonds is 7. The zero-order chi connectivity index (χ0) is 14.3. The summed E-state index contributed by atoms with van der Waals surface area (Å²) in [7, 11) is 0. The monoisotopic (exact) mass is 260 g/mol. The van der Waals surface area contributed by atoms with Crippen molar-refractivity contribution in [2.75, 3.05) is 0 Å². The molecule has 0 aliphatic rings. The van der Waals surface area contributed by atoms with Crippen molar-refractivity contribution < 1.29 is 19.4 Å². The van der Waals surface area contributed by atoms with Crippen LogP contribution in [-0.4, -0.2) is 17.0 Å². The Bertz CT molecular complexity index is 476. The van der Waals surface area contributed by atoms with Gasteiger partial charge in [-0.25, -0.2) is 4.79 Å². The molecule has 1 unspecified atom stereocenters. The van der Waals surface area contributed by atoms with E-state index in [0.717, 1.165) is 5.56 Å². The first-order chi connectivity index (χ1) is 9.04. The van der Waals surface area contributed by atoms with Crippen molar-refractivity contribution in [3.63, 3.8) is 0 Å². The lowest BCUT2D eigenvalue weighted by atomic mass is 10.1. The summed E-state index contributed by atoms with van der Waals surface area (Å²) in [6.45, 7) is 7.04. The van der Waals surface area contributed by atoms with Crippen molar-refractivity contribution in [2.45, 2.75) is 18.9 Å². The second kappa shape index (κ2) is 7.16. The molecule has 0 heterocycles. The lowest BCUT2D eigenvalue weighted by Gasteiger charge is -2.17. The number of carbonyl (C=O) groups is 2. The number of carboxylic acid groups (broad SMARTS) is 1. The van der Waals surface area contributed by atoms with E-state index in [1.54, 1.807) is 6.08 Å². The first-order valence-corrected chi connectivity index (χ1v) is 5.81.